The van der Waals surface area contributed by atoms with Gasteiger partial charge in [-0.1, -0.05) is 42.5 Å². The Bertz CT molecular complexity index is 1180. The van der Waals surface area contributed by atoms with Crippen LogP contribution in [0, 0.1) is 6.92 Å². The third-order valence-electron chi connectivity index (χ3n) is 6.93. The highest BCUT2D eigenvalue weighted by atomic mass is 16.5. The van der Waals surface area contributed by atoms with E-state index in [1.807, 2.05) is 73.0 Å². The molecule has 0 bridgehead atoms. The van der Waals surface area contributed by atoms with Gasteiger partial charge in [-0.25, -0.2) is 0 Å². The van der Waals surface area contributed by atoms with Gasteiger partial charge in [0.15, 0.2) is 0 Å². The number of ether oxygens (including phenoxy) is 1. The molecule has 3 aromatic rings. The summed E-state index contributed by atoms with van der Waals surface area (Å²) in [4.78, 5) is 29.1. The molecule has 0 saturated carbocycles. The van der Waals surface area contributed by atoms with E-state index in [-0.39, 0.29) is 17.9 Å². The zero-order valence-electron chi connectivity index (χ0n) is 18.6. The minimum atomic E-state index is -1.02. The van der Waals surface area contributed by atoms with Crippen LogP contribution in [0.25, 0.3) is 10.9 Å². The summed E-state index contributed by atoms with van der Waals surface area (Å²) in [6, 6.07) is 17.9. The maximum absolute atomic E-state index is 13.8. The molecule has 2 aliphatic heterocycles. The van der Waals surface area contributed by atoms with Crippen molar-refractivity contribution < 1.29 is 14.3 Å². The van der Waals surface area contributed by atoms with Crippen molar-refractivity contribution in [3.8, 4) is 0 Å². The molecule has 0 radical (unpaired) electrons. The van der Waals surface area contributed by atoms with Crippen molar-refractivity contribution in [1.29, 1.82) is 0 Å². The average Bonchev–Trinajstić information content (AvgIpc) is 3.44. The Hall–Kier alpha value is -3.12. The molecule has 2 aliphatic rings. The maximum Gasteiger partial charge on any atom is 0.271 e. The number of hydrogen-bond donors (Lipinski definition) is 1. The lowest BCUT2D eigenvalue weighted by Crippen LogP contribution is -2.64. The van der Waals surface area contributed by atoms with Gasteiger partial charge < -0.3 is 19.5 Å². The van der Waals surface area contributed by atoms with Crippen molar-refractivity contribution in [2.24, 2.45) is 0 Å². The Kier molecular flexibility index (Phi) is 5.25. The van der Waals surface area contributed by atoms with Crippen LogP contribution in [0.2, 0.25) is 0 Å². The van der Waals surface area contributed by atoms with Crippen LogP contribution in [0.3, 0.4) is 0 Å². The highest BCUT2D eigenvalue weighted by molar-refractivity contribution is 6.03. The molecule has 1 N–H and O–H groups in total. The summed E-state index contributed by atoms with van der Waals surface area (Å²) in [5, 5.41) is 4.10. The van der Waals surface area contributed by atoms with Gasteiger partial charge in [0.05, 0.1) is 12.6 Å². The Morgan fingerprint density at radius 2 is 1.97 bits per heavy atom. The van der Waals surface area contributed by atoms with Gasteiger partial charge in [0.1, 0.15) is 11.2 Å². The quantitative estimate of drug-likeness (QED) is 0.671. The molecule has 1 fully saturated rings. The minimum absolute atomic E-state index is 0.0506. The van der Waals surface area contributed by atoms with E-state index in [4.69, 9.17) is 4.74 Å². The fourth-order valence-electron chi connectivity index (χ4n) is 4.91. The molecular formula is C26H29N3O3. The smallest absolute Gasteiger partial charge is 0.271 e. The van der Waals surface area contributed by atoms with Gasteiger partial charge in [-0.15, -0.1) is 0 Å². The third kappa shape index (κ3) is 3.48. The molecule has 6 heteroatoms. The molecular weight excluding hydrogens is 402 g/mol. The van der Waals surface area contributed by atoms with Gasteiger partial charge in [0.2, 0.25) is 5.91 Å². The van der Waals surface area contributed by atoms with E-state index in [2.05, 4.69) is 5.32 Å². The lowest BCUT2D eigenvalue weighted by atomic mass is 9.93. The first-order valence-corrected chi connectivity index (χ1v) is 11.3. The lowest BCUT2D eigenvalue weighted by Gasteiger charge is -2.44. The number of benzene rings is 2. The van der Waals surface area contributed by atoms with E-state index in [1.54, 1.807) is 4.90 Å². The second-order valence-electron chi connectivity index (χ2n) is 9.11. The number of para-hydroxylation sites is 1. The molecule has 3 heterocycles. The number of aryl methyl sites for hydroxylation is 1. The number of hydrogen-bond acceptors (Lipinski definition) is 3. The molecule has 1 aromatic heterocycles. The molecule has 32 heavy (non-hydrogen) atoms. The number of fused-ring (bicyclic) bond motifs is 3. The molecule has 0 aliphatic carbocycles. The summed E-state index contributed by atoms with van der Waals surface area (Å²) in [5.41, 5.74) is 2.73. The molecule has 1 saturated heterocycles. The van der Waals surface area contributed by atoms with E-state index >= 15 is 0 Å². The topological polar surface area (TPSA) is 63.6 Å². The van der Waals surface area contributed by atoms with Crippen molar-refractivity contribution >= 4 is 22.7 Å². The summed E-state index contributed by atoms with van der Waals surface area (Å²) in [6.07, 6.45) is 2.03. The van der Waals surface area contributed by atoms with Crippen LogP contribution in [0.1, 0.15) is 41.4 Å². The molecule has 2 amide bonds. The number of rotatable bonds is 5. The highest BCUT2D eigenvalue weighted by Gasteiger charge is 2.47. The van der Waals surface area contributed by atoms with Crippen molar-refractivity contribution in [2.45, 2.75) is 51.4 Å². The predicted octanol–water partition coefficient (Wildman–Crippen LogP) is 3.66. The van der Waals surface area contributed by atoms with E-state index in [0.717, 1.165) is 41.5 Å². The van der Waals surface area contributed by atoms with Gasteiger partial charge in [0, 0.05) is 30.6 Å². The zero-order chi connectivity index (χ0) is 22.3. The summed E-state index contributed by atoms with van der Waals surface area (Å²) in [6.45, 7) is 5.93. The summed E-state index contributed by atoms with van der Waals surface area (Å²) in [7, 11) is 0. The van der Waals surface area contributed by atoms with Crippen LogP contribution >= 0.6 is 0 Å². The first-order chi connectivity index (χ1) is 15.5. The predicted molar refractivity (Wildman–Crippen MR) is 123 cm³/mol. The van der Waals surface area contributed by atoms with E-state index < -0.39 is 5.54 Å². The van der Waals surface area contributed by atoms with Crippen molar-refractivity contribution in [2.75, 3.05) is 13.2 Å². The molecule has 166 valence electrons. The maximum atomic E-state index is 13.8. The molecule has 5 rings (SSSR count). The number of carbonyl (C=O) groups excluding carboxylic acids is 2. The fraction of sp³-hybridized carbons (Fsp3) is 0.385. The van der Waals surface area contributed by atoms with Crippen LogP contribution in [0.4, 0.5) is 0 Å². The summed E-state index contributed by atoms with van der Waals surface area (Å²) < 4.78 is 7.68. The van der Waals surface area contributed by atoms with Gasteiger partial charge in [-0.05, 0) is 49.9 Å². The Morgan fingerprint density at radius 3 is 2.75 bits per heavy atom. The molecule has 6 nitrogen and oxygen atoms in total. The lowest BCUT2D eigenvalue weighted by molar-refractivity contribution is -0.133. The van der Waals surface area contributed by atoms with Crippen molar-refractivity contribution in [3.05, 3.63) is 71.4 Å². The highest BCUT2D eigenvalue weighted by Crippen LogP contribution is 2.34. The number of aromatic nitrogens is 1. The largest absolute Gasteiger partial charge is 0.376 e. The standard InChI is InChI=1S/C26H29N3O3/c1-18-8-3-4-10-20(18)16-29-24(30)23-14-19-9-5-6-12-22(19)28(23)17-26(29,2)25(31)27-15-21-11-7-13-32-21/h3-6,8-10,12,14,21H,7,11,13,15-17H2,1-2H3,(H,27,31)/t21-,26+/m0/s1. The molecule has 2 atom stereocenters. The first-order valence-electron chi connectivity index (χ1n) is 11.3. The Labute approximate surface area is 188 Å². The van der Waals surface area contributed by atoms with Crippen molar-refractivity contribution in [3.63, 3.8) is 0 Å². The van der Waals surface area contributed by atoms with Crippen LogP contribution in [-0.2, 0) is 22.6 Å². The summed E-state index contributed by atoms with van der Waals surface area (Å²) in [5.74, 6) is -0.260. The second-order valence-corrected chi connectivity index (χ2v) is 9.11. The van der Waals surface area contributed by atoms with E-state index in [1.165, 1.54) is 0 Å². The van der Waals surface area contributed by atoms with E-state index in [0.29, 0.717) is 25.3 Å². The van der Waals surface area contributed by atoms with Gasteiger partial charge in [-0.2, -0.15) is 0 Å². The first kappa shape index (κ1) is 20.8. The van der Waals surface area contributed by atoms with Gasteiger partial charge >= 0.3 is 0 Å². The fourth-order valence-corrected chi connectivity index (χ4v) is 4.91. The Balaban J connectivity index is 1.53. The van der Waals surface area contributed by atoms with Gasteiger partial charge in [-0.3, -0.25) is 9.59 Å². The van der Waals surface area contributed by atoms with Crippen molar-refractivity contribution in [1.82, 2.24) is 14.8 Å². The third-order valence-corrected chi connectivity index (χ3v) is 6.93. The Morgan fingerprint density at radius 1 is 1.19 bits per heavy atom. The number of nitrogens with one attached hydrogen (secondary N) is 1. The molecule has 2 aromatic carbocycles. The van der Waals surface area contributed by atoms with Gasteiger partial charge in [0.25, 0.3) is 5.91 Å². The van der Waals surface area contributed by atoms with Crippen LogP contribution in [0.15, 0.2) is 54.6 Å². The normalized spacial score (nSPS) is 22.9. The number of amides is 2. The molecule has 0 unspecified atom stereocenters. The van der Waals surface area contributed by atoms with Crippen LogP contribution in [-0.4, -0.2) is 46.1 Å². The van der Waals surface area contributed by atoms with Crippen LogP contribution in [0.5, 0.6) is 0 Å². The summed E-state index contributed by atoms with van der Waals surface area (Å²) >= 11 is 0. The monoisotopic (exact) mass is 431 g/mol. The molecule has 0 spiro atoms. The average molecular weight is 432 g/mol. The number of nitrogens with zero attached hydrogens (tertiary/aromatic N) is 2. The van der Waals surface area contributed by atoms with E-state index in [9.17, 15) is 9.59 Å². The minimum Gasteiger partial charge on any atom is -0.376 e. The zero-order valence-corrected chi connectivity index (χ0v) is 18.6. The van der Waals surface area contributed by atoms with Crippen LogP contribution < -0.4 is 5.32 Å². The SMILES string of the molecule is Cc1ccccc1CN1C(=O)c2cc3ccccc3n2C[C@]1(C)C(=O)NC[C@@H]1CCCO1. The number of carbonyl (C=O) groups is 2. The second kappa shape index (κ2) is 8.10.